The Morgan fingerprint density at radius 1 is 1.00 bits per heavy atom. The maximum absolute atomic E-state index is 13.5. The number of amides is 1. The molecule has 1 amide bonds. The number of hydrogen-bond donors (Lipinski definition) is 1. The fourth-order valence-electron chi connectivity index (χ4n) is 4.65. The van der Waals surface area contributed by atoms with Crippen molar-refractivity contribution in [3.05, 3.63) is 94.9 Å². The van der Waals surface area contributed by atoms with Crippen molar-refractivity contribution in [3.63, 3.8) is 0 Å². The van der Waals surface area contributed by atoms with Crippen LogP contribution in [-0.4, -0.2) is 30.1 Å². The number of para-hydroxylation sites is 1. The van der Waals surface area contributed by atoms with Gasteiger partial charge in [0.25, 0.3) is 5.91 Å². The number of carbonyl (C=O) groups is 1. The number of methoxy groups -OCH3 is 2. The lowest BCUT2D eigenvalue weighted by Crippen LogP contribution is -2.26. The summed E-state index contributed by atoms with van der Waals surface area (Å²) in [5.74, 6) is 1.29. The molecule has 2 aromatic heterocycles. The lowest BCUT2D eigenvalue weighted by Gasteiger charge is -2.23. The molecule has 0 fully saturated rings. The van der Waals surface area contributed by atoms with E-state index in [4.69, 9.17) is 14.5 Å². The van der Waals surface area contributed by atoms with Gasteiger partial charge in [0.15, 0.2) is 11.5 Å². The molecule has 2 aromatic carbocycles. The van der Waals surface area contributed by atoms with Crippen molar-refractivity contribution in [1.82, 2.24) is 15.3 Å². The Morgan fingerprint density at radius 2 is 1.80 bits per heavy atom. The molecule has 0 unspecified atom stereocenters. The molecule has 5 rings (SSSR count). The first-order valence-electron chi connectivity index (χ1n) is 11.7. The van der Waals surface area contributed by atoms with E-state index in [9.17, 15) is 4.79 Å². The van der Waals surface area contributed by atoms with Crippen LogP contribution in [0.4, 0.5) is 0 Å². The predicted octanol–water partition coefficient (Wildman–Crippen LogP) is 5.45. The third kappa shape index (κ3) is 4.60. The lowest BCUT2D eigenvalue weighted by atomic mass is 9.85. The van der Waals surface area contributed by atoms with Gasteiger partial charge in [0.05, 0.1) is 31.0 Å². The van der Waals surface area contributed by atoms with E-state index in [2.05, 4.69) is 16.4 Å². The van der Waals surface area contributed by atoms with Gasteiger partial charge in [-0.3, -0.25) is 9.78 Å². The third-order valence-electron chi connectivity index (χ3n) is 6.35. The molecule has 6 heteroatoms. The highest BCUT2D eigenvalue weighted by Gasteiger charge is 2.25. The van der Waals surface area contributed by atoms with Gasteiger partial charge in [-0.05, 0) is 77.9 Å². The Balaban J connectivity index is 1.58. The summed E-state index contributed by atoms with van der Waals surface area (Å²) in [6.07, 6.45) is 8.27. The van der Waals surface area contributed by atoms with Crippen molar-refractivity contribution in [2.24, 2.45) is 0 Å². The zero-order valence-corrected chi connectivity index (χ0v) is 19.9. The van der Waals surface area contributed by atoms with Crippen LogP contribution < -0.4 is 14.8 Å². The Hall–Kier alpha value is -4.19. The molecule has 0 atom stereocenters. The van der Waals surface area contributed by atoms with Crippen molar-refractivity contribution >= 4 is 28.5 Å². The van der Waals surface area contributed by atoms with E-state index < -0.39 is 0 Å². The number of hydrogen-bond acceptors (Lipinski definition) is 5. The van der Waals surface area contributed by atoms with Crippen molar-refractivity contribution in [3.8, 4) is 11.5 Å². The second-order valence-electron chi connectivity index (χ2n) is 8.51. The van der Waals surface area contributed by atoms with Crippen LogP contribution in [-0.2, 0) is 13.0 Å². The molecule has 1 aliphatic carbocycles. The fourth-order valence-corrected chi connectivity index (χ4v) is 4.65. The minimum Gasteiger partial charge on any atom is -0.493 e. The minimum atomic E-state index is -0.0796. The zero-order chi connectivity index (χ0) is 24.2. The zero-order valence-electron chi connectivity index (χ0n) is 19.9. The van der Waals surface area contributed by atoms with E-state index in [1.165, 1.54) is 0 Å². The molecule has 1 aliphatic rings. The Morgan fingerprint density at radius 3 is 2.60 bits per heavy atom. The summed E-state index contributed by atoms with van der Waals surface area (Å²) in [6, 6.07) is 17.6. The smallest absolute Gasteiger partial charge is 0.252 e. The molecule has 0 aliphatic heterocycles. The van der Waals surface area contributed by atoms with Crippen LogP contribution in [0.5, 0.6) is 11.5 Å². The molecule has 1 N–H and O–H groups in total. The van der Waals surface area contributed by atoms with Gasteiger partial charge >= 0.3 is 0 Å². The second kappa shape index (κ2) is 9.97. The summed E-state index contributed by atoms with van der Waals surface area (Å²) in [7, 11) is 3.26. The maximum atomic E-state index is 13.5. The highest BCUT2D eigenvalue weighted by atomic mass is 16.5. The van der Waals surface area contributed by atoms with Crippen LogP contribution in [0.2, 0.25) is 0 Å². The Kier molecular flexibility index (Phi) is 6.44. The summed E-state index contributed by atoms with van der Waals surface area (Å²) in [6.45, 7) is 0.446. The normalized spacial score (nSPS) is 13.9. The van der Waals surface area contributed by atoms with E-state index in [0.717, 1.165) is 63.7 Å². The van der Waals surface area contributed by atoms with Gasteiger partial charge in [0.2, 0.25) is 0 Å². The highest BCUT2D eigenvalue weighted by molar-refractivity contribution is 6.09. The number of allylic oxidation sites excluding steroid dienone is 1. The molecule has 0 spiro atoms. The van der Waals surface area contributed by atoms with Gasteiger partial charge in [-0.15, -0.1) is 0 Å². The van der Waals surface area contributed by atoms with Crippen molar-refractivity contribution in [2.75, 3.05) is 14.2 Å². The van der Waals surface area contributed by atoms with Gasteiger partial charge in [-0.2, -0.15) is 0 Å². The first kappa shape index (κ1) is 22.6. The summed E-state index contributed by atoms with van der Waals surface area (Å²) in [5, 5.41) is 3.99. The van der Waals surface area contributed by atoms with E-state index >= 15 is 0 Å². The summed E-state index contributed by atoms with van der Waals surface area (Å²) in [4.78, 5) is 22.6. The monoisotopic (exact) mass is 465 g/mol. The molecule has 176 valence electrons. The molecular formula is C29H27N3O3. The summed E-state index contributed by atoms with van der Waals surface area (Å²) < 4.78 is 10.9. The summed E-state index contributed by atoms with van der Waals surface area (Å²) >= 11 is 0. The lowest BCUT2D eigenvalue weighted by molar-refractivity contribution is 0.0951. The Labute approximate surface area is 204 Å². The molecular weight excluding hydrogens is 438 g/mol. The molecule has 0 saturated carbocycles. The van der Waals surface area contributed by atoms with E-state index in [0.29, 0.717) is 18.0 Å². The average Bonchev–Trinajstić information content (AvgIpc) is 2.91. The van der Waals surface area contributed by atoms with Gasteiger partial charge in [-0.25, -0.2) is 4.98 Å². The van der Waals surface area contributed by atoms with Crippen LogP contribution in [0.15, 0.2) is 67.0 Å². The molecule has 6 nitrogen and oxygen atoms in total. The molecule has 2 heterocycles. The second-order valence-corrected chi connectivity index (χ2v) is 8.51. The first-order valence-corrected chi connectivity index (χ1v) is 11.7. The third-order valence-corrected chi connectivity index (χ3v) is 6.35. The minimum absolute atomic E-state index is 0.0796. The van der Waals surface area contributed by atoms with E-state index in [-0.39, 0.29) is 5.91 Å². The number of pyridine rings is 2. The SMILES string of the molecule is COc1ccc(/C=C2/CCCc3c2nc2ccccc2c3C(=O)NCc2ccncc2)cc1OC. The van der Waals surface area contributed by atoms with E-state index in [1.54, 1.807) is 26.6 Å². The van der Waals surface area contributed by atoms with Gasteiger partial charge < -0.3 is 14.8 Å². The number of nitrogens with zero attached hydrogens (tertiary/aromatic N) is 2. The van der Waals surface area contributed by atoms with Crippen LogP contribution in [0.1, 0.15) is 45.6 Å². The number of rotatable bonds is 6. The number of benzene rings is 2. The summed E-state index contributed by atoms with van der Waals surface area (Å²) in [5.41, 5.74) is 6.58. The van der Waals surface area contributed by atoms with Gasteiger partial charge in [-0.1, -0.05) is 24.3 Å². The van der Waals surface area contributed by atoms with E-state index in [1.807, 2.05) is 54.6 Å². The average molecular weight is 466 g/mol. The standard InChI is InChI=1S/C29H27N3O3/c1-34-25-11-10-20(17-26(25)35-2)16-21-6-5-8-23-27(22-7-3-4-9-24(22)32-28(21)23)29(33)31-18-19-12-14-30-15-13-19/h3-4,7,9-17H,5-6,8,18H2,1-2H3,(H,31,33)/b21-16-. The fraction of sp³-hybridized carbons (Fsp3) is 0.207. The topological polar surface area (TPSA) is 73.3 Å². The molecule has 4 aromatic rings. The number of carbonyl (C=O) groups excluding carboxylic acids is 1. The number of aromatic nitrogens is 2. The molecule has 0 radical (unpaired) electrons. The van der Waals surface area contributed by atoms with Gasteiger partial charge in [0.1, 0.15) is 0 Å². The highest BCUT2D eigenvalue weighted by Crippen LogP contribution is 2.37. The number of nitrogens with one attached hydrogen (secondary N) is 1. The van der Waals surface area contributed by atoms with Crippen molar-refractivity contribution in [1.29, 1.82) is 0 Å². The van der Waals surface area contributed by atoms with Crippen molar-refractivity contribution < 1.29 is 14.3 Å². The maximum Gasteiger partial charge on any atom is 0.252 e. The van der Waals surface area contributed by atoms with Crippen molar-refractivity contribution in [2.45, 2.75) is 25.8 Å². The number of ether oxygens (including phenoxy) is 2. The number of fused-ring (bicyclic) bond motifs is 2. The van der Waals surface area contributed by atoms with Crippen LogP contribution in [0, 0.1) is 0 Å². The first-order chi connectivity index (χ1) is 17.2. The molecule has 35 heavy (non-hydrogen) atoms. The largest absolute Gasteiger partial charge is 0.493 e. The van der Waals surface area contributed by atoms with Crippen LogP contribution in [0.3, 0.4) is 0 Å². The van der Waals surface area contributed by atoms with Gasteiger partial charge in [0, 0.05) is 24.3 Å². The molecule has 0 saturated heterocycles. The molecule has 0 bridgehead atoms. The predicted molar refractivity (Wildman–Crippen MR) is 138 cm³/mol. The van der Waals surface area contributed by atoms with Crippen LogP contribution >= 0.6 is 0 Å². The Bertz CT molecular complexity index is 1410. The van der Waals surface area contributed by atoms with Crippen LogP contribution in [0.25, 0.3) is 22.6 Å². The quantitative estimate of drug-likeness (QED) is 0.410.